The largest absolute Gasteiger partial charge is 0.497 e. The van der Waals surface area contributed by atoms with Crippen molar-refractivity contribution in [1.82, 2.24) is 10.3 Å². The van der Waals surface area contributed by atoms with Crippen LogP contribution in [-0.4, -0.2) is 29.8 Å². The van der Waals surface area contributed by atoms with Crippen LogP contribution in [0.5, 0.6) is 5.75 Å². The van der Waals surface area contributed by atoms with Crippen molar-refractivity contribution < 1.29 is 19.1 Å². The Morgan fingerprint density at radius 3 is 2.22 bits per heavy atom. The lowest BCUT2D eigenvalue weighted by atomic mass is 10.1. The minimum atomic E-state index is -0.612. The highest BCUT2D eigenvalue weighted by molar-refractivity contribution is 8.00. The zero-order valence-electron chi connectivity index (χ0n) is 27.8. The van der Waals surface area contributed by atoms with Crippen LogP contribution < -0.4 is 20.7 Å². The quantitative estimate of drug-likeness (QED) is 0.0864. The number of thioether (sulfide) groups is 1. The standard InChI is InChI=1S/C41H34N4O4S2/c1-27-16-20-29(21-17-27)36-26-50-41(44-36)45-40(48)37(30-10-5-3-6-11-30)51-34-15-9-14-32(25-34)42-39(47)35(24-28-18-22-33(49-2)23-19-28)43-38(46)31-12-7-4-8-13-31/h3-26,37H,1-2H3,(H,42,47)(H,43,46)(H,44,45,48)/b35-24+. The van der Waals surface area contributed by atoms with E-state index >= 15 is 0 Å². The molecule has 1 heterocycles. The van der Waals surface area contributed by atoms with Crippen molar-refractivity contribution in [2.75, 3.05) is 17.7 Å². The van der Waals surface area contributed by atoms with Crippen LogP contribution in [0, 0.1) is 6.92 Å². The molecule has 10 heteroatoms. The minimum Gasteiger partial charge on any atom is -0.497 e. The first-order valence-corrected chi connectivity index (χ1v) is 17.8. The summed E-state index contributed by atoms with van der Waals surface area (Å²) in [5.74, 6) is -0.485. The van der Waals surface area contributed by atoms with E-state index in [2.05, 4.69) is 20.9 Å². The van der Waals surface area contributed by atoms with E-state index in [0.717, 1.165) is 27.3 Å². The normalized spacial score (nSPS) is 11.7. The predicted octanol–water partition coefficient (Wildman–Crippen LogP) is 9.01. The van der Waals surface area contributed by atoms with Gasteiger partial charge in [-0.15, -0.1) is 23.1 Å². The Bertz CT molecular complexity index is 2150. The average Bonchev–Trinajstić information content (AvgIpc) is 3.63. The second kappa shape index (κ2) is 16.6. The van der Waals surface area contributed by atoms with Gasteiger partial charge in [0, 0.05) is 27.1 Å². The number of anilines is 2. The maximum Gasteiger partial charge on any atom is 0.272 e. The molecule has 0 aliphatic heterocycles. The maximum atomic E-state index is 13.8. The smallest absolute Gasteiger partial charge is 0.272 e. The fourth-order valence-electron chi connectivity index (χ4n) is 5.05. The molecule has 0 bridgehead atoms. The molecule has 6 rings (SSSR count). The SMILES string of the molecule is COc1ccc(/C=C(/NC(=O)c2ccccc2)C(=O)Nc2cccc(SC(C(=O)Nc3nc(-c4ccc(C)cc4)cs3)c3ccccc3)c2)cc1. The molecule has 3 amide bonds. The van der Waals surface area contributed by atoms with Crippen LogP contribution in [0.25, 0.3) is 17.3 Å². The van der Waals surface area contributed by atoms with Crippen LogP contribution in [0.15, 0.2) is 149 Å². The first kappa shape index (κ1) is 34.9. The molecule has 8 nitrogen and oxygen atoms in total. The van der Waals surface area contributed by atoms with E-state index < -0.39 is 17.1 Å². The molecule has 0 saturated carbocycles. The molecule has 3 N–H and O–H groups in total. The van der Waals surface area contributed by atoms with Gasteiger partial charge in [-0.2, -0.15) is 0 Å². The van der Waals surface area contributed by atoms with Gasteiger partial charge in [-0.25, -0.2) is 4.98 Å². The number of carbonyl (C=O) groups excluding carboxylic acids is 3. The third-order valence-corrected chi connectivity index (χ3v) is 9.73. The molecule has 0 spiro atoms. The summed E-state index contributed by atoms with van der Waals surface area (Å²) in [6.07, 6.45) is 1.60. The fraction of sp³-hybridized carbons (Fsp3) is 0.0732. The Hall–Kier alpha value is -5.97. The highest BCUT2D eigenvalue weighted by atomic mass is 32.2. The molecule has 1 aromatic heterocycles. The number of aryl methyl sites for hydroxylation is 1. The number of aromatic nitrogens is 1. The molecule has 51 heavy (non-hydrogen) atoms. The predicted molar refractivity (Wildman–Crippen MR) is 206 cm³/mol. The summed E-state index contributed by atoms with van der Waals surface area (Å²) in [6, 6.07) is 40.7. The van der Waals surface area contributed by atoms with Gasteiger partial charge >= 0.3 is 0 Å². The summed E-state index contributed by atoms with van der Waals surface area (Å²) in [4.78, 5) is 46.0. The molecule has 0 fully saturated rings. The number of thiazole rings is 1. The van der Waals surface area contributed by atoms with E-state index in [-0.39, 0.29) is 11.6 Å². The molecule has 0 saturated heterocycles. The number of hydrogen-bond donors (Lipinski definition) is 3. The fourth-order valence-corrected chi connectivity index (χ4v) is 6.86. The number of benzene rings is 5. The van der Waals surface area contributed by atoms with Crippen LogP contribution in [0.3, 0.4) is 0 Å². The van der Waals surface area contributed by atoms with Crippen molar-refractivity contribution in [3.8, 4) is 17.0 Å². The van der Waals surface area contributed by atoms with Crippen molar-refractivity contribution in [1.29, 1.82) is 0 Å². The van der Waals surface area contributed by atoms with Gasteiger partial charge in [-0.05, 0) is 66.6 Å². The first-order valence-electron chi connectivity index (χ1n) is 16.0. The van der Waals surface area contributed by atoms with Crippen molar-refractivity contribution in [2.45, 2.75) is 17.1 Å². The van der Waals surface area contributed by atoms with E-state index in [0.29, 0.717) is 27.7 Å². The Morgan fingerprint density at radius 2 is 1.51 bits per heavy atom. The van der Waals surface area contributed by atoms with Gasteiger partial charge in [0.1, 0.15) is 16.7 Å². The highest BCUT2D eigenvalue weighted by Gasteiger charge is 2.24. The van der Waals surface area contributed by atoms with Crippen LogP contribution in [0.4, 0.5) is 10.8 Å². The lowest BCUT2D eigenvalue weighted by molar-refractivity contribution is -0.116. The Labute approximate surface area is 304 Å². The second-order valence-corrected chi connectivity index (χ2v) is 13.5. The van der Waals surface area contributed by atoms with Crippen LogP contribution in [0.2, 0.25) is 0 Å². The summed E-state index contributed by atoms with van der Waals surface area (Å²) >= 11 is 2.73. The third-order valence-electron chi connectivity index (χ3n) is 7.72. The zero-order valence-corrected chi connectivity index (χ0v) is 29.5. The van der Waals surface area contributed by atoms with Crippen molar-refractivity contribution >= 4 is 57.7 Å². The molecular weight excluding hydrogens is 677 g/mol. The number of carbonyl (C=O) groups is 3. The van der Waals surface area contributed by atoms with Gasteiger partial charge in [-0.1, -0.05) is 96.6 Å². The molecule has 254 valence electrons. The zero-order chi connectivity index (χ0) is 35.6. The van der Waals surface area contributed by atoms with Gasteiger partial charge in [0.25, 0.3) is 11.8 Å². The van der Waals surface area contributed by atoms with E-state index in [4.69, 9.17) is 4.74 Å². The lowest BCUT2D eigenvalue weighted by Crippen LogP contribution is -2.30. The minimum absolute atomic E-state index is 0.0575. The molecule has 0 aliphatic rings. The van der Waals surface area contributed by atoms with Gasteiger partial charge in [0.05, 0.1) is 12.8 Å². The number of nitrogens with one attached hydrogen (secondary N) is 3. The monoisotopic (exact) mass is 710 g/mol. The van der Waals surface area contributed by atoms with Gasteiger partial charge in [-0.3, -0.25) is 14.4 Å². The number of amides is 3. The summed E-state index contributed by atoms with van der Waals surface area (Å²) in [7, 11) is 1.58. The van der Waals surface area contributed by atoms with Crippen LogP contribution in [0.1, 0.15) is 32.3 Å². The van der Waals surface area contributed by atoms with Crippen molar-refractivity contribution in [3.63, 3.8) is 0 Å². The van der Waals surface area contributed by atoms with Gasteiger partial charge < -0.3 is 20.7 Å². The number of nitrogens with zero attached hydrogens (tertiary/aromatic N) is 1. The van der Waals surface area contributed by atoms with Crippen molar-refractivity contribution in [2.24, 2.45) is 0 Å². The van der Waals surface area contributed by atoms with E-state index in [9.17, 15) is 14.4 Å². The summed E-state index contributed by atoms with van der Waals surface area (Å²) in [5, 5.41) is 10.5. The Morgan fingerprint density at radius 1 is 0.804 bits per heavy atom. The van der Waals surface area contributed by atoms with Gasteiger partial charge in [0.15, 0.2) is 5.13 Å². The van der Waals surface area contributed by atoms with Crippen molar-refractivity contribution in [3.05, 3.63) is 167 Å². The number of ether oxygens (including phenoxy) is 1. The average molecular weight is 711 g/mol. The Kier molecular flexibility index (Phi) is 11.4. The topological polar surface area (TPSA) is 109 Å². The van der Waals surface area contributed by atoms with E-state index in [1.54, 1.807) is 73.8 Å². The first-order chi connectivity index (χ1) is 24.8. The molecule has 6 aromatic rings. The summed E-state index contributed by atoms with van der Waals surface area (Å²) in [6.45, 7) is 2.03. The molecule has 1 atom stereocenters. The molecule has 5 aromatic carbocycles. The molecule has 0 radical (unpaired) electrons. The summed E-state index contributed by atoms with van der Waals surface area (Å²) < 4.78 is 5.26. The maximum absolute atomic E-state index is 13.8. The van der Waals surface area contributed by atoms with Crippen LogP contribution in [-0.2, 0) is 9.59 Å². The number of rotatable bonds is 12. The highest BCUT2D eigenvalue weighted by Crippen LogP contribution is 2.38. The molecule has 1 unspecified atom stereocenters. The van der Waals surface area contributed by atoms with Gasteiger partial charge in [0.2, 0.25) is 5.91 Å². The summed E-state index contributed by atoms with van der Waals surface area (Å²) in [5.41, 5.74) is 5.42. The molecular formula is C41H34N4O4S2. The van der Waals surface area contributed by atoms with E-state index in [1.807, 2.05) is 85.1 Å². The number of hydrogen-bond acceptors (Lipinski definition) is 7. The Balaban J connectivity index is 1.21. The van der Waals surface area contributed by atoms with E-state index in [1.165, 1.54) is 23.1 Å². The number of methoxy groups -OCH3 is 1. The molecule has 0 aliphatic carbocycles. The lowest BCUT2D eigenvalue weighted by Gasteiger charge is -2.17. The third kappa shape index (κ3) is 9.39. The second-order valence-electron chi connectivity index (χ2n) is 11.4. The van der Waals surface area contributed by atoms with Crippen LogP contribution >= 0.6 is 23.1 Å².